The van der Waals surface area contributed by atoms with Crippen molar-refractivity contribution < 1.29 is 13.2 Å². The Labute approximate surface area is 115 Å². The van der Waals surface area contributed by atoms with E-state index in [2.05, 4.69) is 11.9 Å². The Morgan fingerprint density at radius 2 is 1.75 bits per heavy atom. The van der Waals surface area contributed by atoms with Crippen LogP contribution in [0.25, 0.3) is 5.57 Å². The molecule has 104 valence electrons. The third-order valence-electron chi connectivity index (χ3n) is 2.86. The van der Waals surface area contributed by atoms with Gasteiger partial charge in [0.25, 0.3) is 0 Å². The molecular formula is C16H14F3N. The highest BCUT2D eigenvalue weighted by Crippen LogP contribution is 2.32. The first-order valence-corrected chi connectivity index (χ1v) is 6.07. The number of nitrogens with one attached hydrogen (secondary N) is 1. The second-order valence-electron chi connectivity index (χ2n) is 4.53. The van der Waals surface area contributed by atoms with Gasteiger partial charge in [0.2, 0.25) is 0 Å². The molecule has 0 saturated carbocycles. The summed E-state index contributed by atoms with van der Waals surface area (Å²) in [6.07, 6.45) is -4.34. The number of allylic oxidation sites excluding steroid dienone is 1. The second kappa shape index (κ2) is 5.41. The molecule has 1 nitrogen and oxygen atoms in total. The molecule has 0 aliphatic carbocycles. The highest BCUT2D eigenvalue weighted by atomic mass is 19.4. The number of anilines is 2. The number of alkyl halides is 3. The van der Waals surface area contributed by atoms with E-state index in [1.807, 2.05) is 31.2 Å². The van der Waals surface area contributed by atoms with Crippen molar-refractivity contribution in [3.05, 3.63) is 66.2 Å². The van der Waals surface area contributed by atoms with Crippen molar-refractivity contribution in [3.8, 4) is 0 Å². The molecule has 2 aromatic rings. The smallest absolute Gasteiger partial charge is 0.355 e. The molecule has 0 radical (unpaired) electrons. The summed E-state index contributed by atoms with van der Waals surface area (Å²) >= 11 is 0. The largest absolute Gasteiger partial charge is 0.416 e. The molecule has 0 heterocycles. The van der Waals surface area contributed by atoms with Gasteiger partial charge in [-0.05, 0) is 36.8 Å². The number of hydrogen-bond acceptors (Lipinski definition) is 1. The van der Waals surface area contributed by atoms with E-state index < -0.39 is 11.7 Å². The minimum absolute atomic E-state index is 0.397. The lowest BCUT2D eigenvalue weighted by atomic mass is 10.1. The lowest BCUT2D eigenvalue weighted by Crippen LogP contribution is -2.05. The van der Waals surface area contributed by atoms with E-state index >= 15 is 0 Å². The molecule has 0 saturated heterocycles. The van der Waals surface area contributed by atoms with Crippen molar-refractivity contribution in [2.24, 2.45) is 0 Å². The van der Waals surface area contributed by atoms with Crippen LogP contribution in [0, 0.1) is 0 Å². The average Bonchev–Trinajstić information content (AvgIpc) is 2.38. The van der Waals surface area contributed by atoms with Crippen LogP contribution in [-0.2, 0) is 6.18 Å². The fourth-order valence-corrected chi connectivity index (χ4v) is 1.89. The van der Waals surface area contributed by atoms with Gasteiger partial charge in [0.1, 0.15) is 0 Å². The summed E-state index contributed by atoms with van der Waals surface area (Å²) in [5.41, 5.74) is 2.19. The summed E-state index contributed by atoms with van der Waals surface area (Å²) in [5, 5.41) is 3.01. The van der Waals surface area contributed by atoms with E-state index in [1.54, 1.807) is 6.07 Å². The molecule has 2 aromatic carbocycles. The summed E-state index contributed by atoms with van der Waals surface area (Å²) in [6, 6.07) is 12.5. The van der Waals surface area contributed by atoms with Crippen LogP contribution in [0.3, 0.4) is 0 Å². The second-order valence-corrected chi connectivity index (χ2v) is 4.53. The molecule has 0 spiro atoms. The van der Waals surface area contributed by atoms with Crippen LogP contribution >= 0.6 is 0 Å². The maximum Gasteiger partial charge on any atom is 0.416 e. The third-order valence-corrected chi connectivity index (χ3v) is 2.86. The van der Waals surface area contributed by atoms with Crippen LogP contribution in [0.5, 0.6) is 0 Å². The first-order chi connectivity index (χ1) is 9.38. The maximum absolute atomic E-state index is 12.7. The van der Waals surface area contributed by atoms with Gasteiger partial charge in [-0.3, -0.25) is 0 Å². The SMILES string of the molecule is C=C(C)c1ccccc1Nc1cccc(C(F)(F)F)c1. The Balaban J connectivity index is 2.34. The predicted molar refractivity (Wildman–Crippen MR) is 75.9 cm³/mol. The van der Waals surface area contributed by atoms with E-state index in [1.165, 1.54) is 6.07 Å². The predicted octanol–water partition coefficient (Wildman–Crippen LogP) is 5.48. The van der Waals surface area contributed by atoms with Crippen LogP contribution < -0.4 is 5.32 Å². The Hall–Kier alpha value is -2.23. The number of hydrogen-bond donors (Lipinski definition) is 1. The van der Waals surface area contributed by atoms with E-state index in [9.17, 15) is 13.2 Å². The monoisotopic (exact) mass is 277 g/mol. The normalized spacial score (nSPS) is 11.2. The Morgan fingerprint density at radius 1 is 1.05 bits per heavy atom. The Morgan fingerprint density at radius 3 is 2.40 bits per heavy atom. The highest BCUT2D eigenvalue weighted by molar-refractivity contribution is 5.77. The van der Waals surface area contributed by atoms with E-state index in [-0.39, 0.29) is 0 Å². The summed E-state index contributed by atoms with van der Waals surface area (Å²) in [6.45, 7) is 5.72. The fraction of sp³-hybridized carbons (Fsp3) is 0.125. The van der Waals surface area contributed by atoms with Crippen LogP contribution in [0.4, 0.5) is 24.5 Å². The van der Waals surface area contributed by atoms with Crippen molar-refractivity contribution in [1.82, 2.24) is 0 Å². The minimum atomic E-state index is -4.34. The molecule has 0 fully saturated rings. The molecule has 0 unspecified atom stereocenters. The van der Waals surface area contributed by atoms with Crippen molar-refractivity contribution in [3.63, 3.8) is 0 Å². The van der Waals surface area contributed by atoms with Gasteiger partial charge < -0.3 is 5.32 Å². The van der Waals surface area contributed by atoms with E-state index in [4.69, 9.17) is 0 Å². The van der Waals surface area contributed by atoms with Crippen LogP contribution in [0.15, 0.2) is 55.1 Å². The van der Waals surface area contributed by atoms with E-state index in [0.717, 1.165) is 29.0 Å². The van der Waals surface area contributed by atoms with Crippen molar-refractivity contribution >= 4 is 16.9 Å². The molecule has 0 aliphatic rings. The molecule has 4 heteroatoms. The Kier molecular flexibility index (Phi) is 3.84. The summed E-state index contributed by atoms with van der Waals surface area (Å²) < 4.78 is 38.0. The van der Waals surface area contributed by atoms with Gasteiger partial charge in [0, 0.05) is 16.9 Å². The molecule has 1 N–H and O–H groups in total. The van der Waals surface area contributed by atoms with Crippen LogP contribution in [-0.4, -0.2) is 0 Å². The lowest BCUT2D eigenvalue weighted by molar-refractivity contribution is -0.137. The molecule has 20 heavy (non-hydrogen) atoms. The van der Waals surface area contributed by atoms with Crippen molar-refractivity contribution in [1.29, 1.82) is 0 Å². The zero-order chi connectivity index (χ0) is 14.8. The number of benzene rings is 2. The standard InChI is InChI=1S/C16H14F3N/c1-11(2)14-8-3-4-9-15(14)20-13-7-5-6-12(10-13)16(17,18)19/h3-10,20H,1H2,2H3. The van der Waals surface area contributed by atoms with Gasteiger partial charge >= 0.3 is 6.18 Å². The average molecular weight is 277 g/mol. The lowest BCUT2D eigenvalue weighted by Gasteiger charge is -2.13. The molecule has 0 aromatic heterocycles. The van der Waals surface area contributed by atoms with Crippen LogP contribution in [0.2, 0.25) is 0 Å². The first kappa shape index (κ1) is 14.2. The van der Waals surface area contributed by atoms with Gasteiger partial charge in [0.15, 0.2) is 0 Å². The quantitative estimate of drug-likeness (QED) is 0.783. The minimum Gasteiger partial charge on any atom is -0.355 e. The zero-order valence-corrected chi connectivity index (χ0v) is 11.0. The van der Waals surface area contributed by atoms with Gasteiger partial charge in [-0.1, -0.05) is 30.8 Å². The van der Waals surface area contributed by atoms with Gasteiger partial charge in [-0.2, -0.15) is 13.2 Å². The number of para-hydroxylation sites is 1. The van der Waals surface area contributed by atoms with Crippen molar-refractivity contribution in [2.45, 2.75) is 13.1 Å². The van der Waals surface area contributed by atoms with Gasteiger partial charge in [-0.15, -0.1) is 0 Å². The molecule has 2 rings (SSSR count). The Bertz CT molecular complexity index is 630. The molecule has 0 amide bonds. The topological polar surface area (TPSA) is 12.0 Å². The van der Waals surface area contributed by atoms with Gasteiger partial charge in [0.05, 0.1) is 5.56 Å². The van der Waals surface area contributed by atoms with E-state index in [0.29, 0.717) is 5.69 Å². The molecular weight excluding hydrogens is 263 g/mol. The van der Waals surface area contributed by atoms with Crippen molar-refractivity contribution in [2.75, 3.05) is 5.32 Å². The highest BCUT2D eigenvalue weighted by Gasteiger charge is 2.30. The van der Waals surface area contributed by atoms with Gasteiger partial charge in [-0.25, -0.2) is 0 Å². The zero-order valence-electron chi connectivity index (χ0n) is 11.0. The van der Waals surface area contributed by atoms with Crippen LogP contribution in [0.1, 0.15) is 18.1 Å². The maximum atomic E-state index is 12.7. The number of rotatable bonds is 3. The fourth-order valence-electron chi connectivity index (χ4n) is 1.89. The molecule has 0 bridgehead atoms. The summed E-state index contributed by atoms with van der Waals surface area (Å²) in [4.78, 5) is 0. The number of halogens is 3. The molecule has 0 atom stereocenters. The summed E-state index contributed by atoms with van der Waals surface area (Å²) in [5.74, 6) is 0. The molecule has 0 aliphatic heterocycles. The first-order valence-electron chi connectivity index (χ1n) is 6.07. The summed E-state index contributed by atoms with van der Waals surface area (Å²) in [7, 11) is 0. The third kappa shape index (κ3) is 3.20.